The van der Waals surface area contributed by atoms with Crippen molar-refractivity contribution in [2.75, 3.05) is 0 Å². The second-order valence-electron chi connectivity index (χ2n) is 8.58. The molecule has 1 atom stereocenters. The first-order valence-corrected chi connectivity index (χ1v) is 10.9. The number of fused-ring (bicyclic) bond motifs is 1. The lowest BCUT2D eigenvalue weighted by Gasteiger charge is -2.34. The number of hydrogen-bond donors (Lipinski definition) is 0. The van der Waals surface area contributed by atoms with Gasteiger partial charge in [0.2, 0.25) is 11.8 Å². The van der Waals surface area contributed by atoms with Crippen LogP contribution in [0.25, 0.3) is 11.3 Å². The van der Waals surface area contributed by atoms with Gasteiger partial charge < -0.3 is 14.2 Å². The number of amides is 1. The lowest BCUT2D eigenvalue weighted by Crippen LogP contribution is -2.40. The van der Waals surface area contributed by atoms with Crippen molar-refractivity contribution in [3.8, 4) is 17.1 Å². The van der Waals surface area contributed by atoms with E-state index in [4.69, 9.17) is 10.6 Å². The molecule has 7 nitrogen and oxygen atoms in total. The van der Waals surface area contributed by atoms with E-state index in [2.05, 4.69) is 15.1 Å². The molecule has 4 heterocycles. The van der Waals surface area contributed by atoms with Gasteiger partial charge in [-0.25, -0.2) is 13.8 Å². The van der Waals surface area contributed by atoms with Crippen LogP contribution in [0.4, 0.5) is 8.78 Å². The summed E-state index contributed by atoms with van der Waals surface area (Å²) in [6, 6.07) is 4.99. The number of nitrogens with zero attached hydrogens (tertiary/aromatic N) is 4. The van der Waals surface area contributed by atoms with Crippen molar-refractivity contribution in [3.05, 3.63) is 58.7 Å². The highest BCUT2D eigenvalue weighted by Crippen LogP contribution is 2.38. The smallest absolute Gasteiger partial charge is 0.256 e. The van der Waals surface area contributed by atoms with Gasteiger partial charge >= 0.3 is 0 Å². The third-order valence-electron chi connectivity index (χ3n) is 6.27. The monoisotopic (exact) mass is 455 g/mol. The van der Waals surface area contributed by atoms with Crippen LogP contribution in [0, 0.1) is 13.8 Å². The Bertz CT molecular complexity index is 1220. The molecule has 3 aromatic rings. The number of aromatic nitrogens is 3. The van der Waals surface area contributed by atoms with Crippen molar-refractivity contribution in [1.29, 1.82) is 0 Å². The molecule has 0 saturated heterocycles. The van der Waals surface area contributed by atoms with Crippen LogP contribution in [-0.2, 0) is 13.1 Å². The summed E-state index contributed by atoms with van der Waals surface area (Å²) in [6.45, 7) is 2.84. The molecule has 2 aliphatic rings. The minimum absolute atomic E-state index is 0.127. The second-order valence-corrected chi connectivity index (χ2v) is 8.58. The first kappa shape index (κ1) is 20.3. The maximum atomic E-state index is 13.6. The molecular formula is C24H24F2N4O3. The van der Waals surface area contributed by atoms with E-state index in [1.807, 2.05) is 19.1 Å². The molecule has 1 aliphatic carbocycles. The van der Waals surface area contributed by atoms with E-state index < -0.39 is 12.4 Å². The van der Waals surface area contributed by atoms with Crippen LogP contribution in [-0.4, -0.2) is 37.9 Å². The van der Waals surface area contributed by atoms with Gasteiger partial charge in [0.15, 0.2) is 0 Å². The number of rotatable bonds is 5. The van der Waals surface area contributed by atoms with Crippen molar-refractivity contribution in [2.24, 2.45) is 0 Å². The van der Waals surface area contributed by atoms with Gasteiger partial charge in [-0.2, -0.15) is 0 Å². The van der Waals surface area contributed by atoms with Gasteiger partial charge in [0, 0.05) is 55.1 Å². The van der Waals surface area contributed by atoms with E-state index in [0.717, 1.165) is 16.8 Å². The summed E-state index contributed by atoms with van der Waals surface area (Å²) in [6.07, 6.45) is 2.94. The topological polar surface area (TPSA) is 81.4 Å². The summed E-state index contributed by atoms with van der Waals surface area (Å²) >= 11 is 0. The third-order valence-corrected chi connectivity index (χ3v) is 6.27. The maximum Gasteiger partial charge on any atom is 0.256 e. The minimum atomic E-state index is -2.69. The molecule has 1 aliphatic heterocycles. The van der Waals surface area contributed by atoms with Gasteiger partial charge in [-0.1, -0.05) is 5.16 Å². The largest absolute Gasteiger partial charge is 0.473 e. The number of carbonyl (C=O) groups excluding carboxylic acids is 1. The molecule has 9 heteroatoms. The Balaban J connectivity index is 1.33. The molecule has 1 saturated carbocycles. The number of ether oxygens (including phenoxy) is 1. The Labute approximate surface area is 191 Å². The molecule has 0 N–H and O–H groups in total. The van der Waals surface area contributed by atoms with Crippen molar-refractivity contribution in [1.82, 2.24) is 20.0 Å². The van der Waals surface area contributed by atoms with E-state index in [-0.39, 0.29) is 50.1 Å². The Hall–Kier alpha value is -3.36. The van der Waals surface area contributed by atoms with Gasteiger partial charge in [-0.05, 0) is 44.4 Å². The van der Waals surface area contributed by atoms with Gasteiger partial charge in [-0.15, -0.1) is 0 Å². The van der Waals surface area contributed by atoms with Gasteiger partial charge in [0.1, 0.15) is 18.1 Å². The van der Waals surface area contributed by atoms with E-state index in [9.17, 15) is 13.6 Å². The van der Waals surface area contributed by atoms with E-state index in [1.165, 1.54) is 11.1 Å². The molecule has 5 rings (SSSR count). The first-order chi connectivity index (χ1) is 16.2. The highest BCUT2D eigenvalue weighted by molar-refractivity contribution is 5.98. The third kappa shape index (κ3) is 4.19. The predicted octanol–water partition coefficient (Wildman–Crippen LogP) is 4.86. The van der Waals surface area contributed by atoms with Crippen molar-refractivity contribution >= 4 is 5.91 Å². The summed E-state index contributed by atoms with van der Waals surface area (Å²) < 4.78 is 47.0. The summed E-state index contributed by atoms with van der Waals surface area (Å²) in [5.74, 6) is -2.17. The average Bonchev–Trinajstić information content (AvgIpc) is 3.30. The number of alkyl halides is 2. The van der Waals surface area contributed by atoms with E-state index in [0.29, 0.717) is 22.6 Å². The summed E-state index contributed by atoms with van der Waals surface area (Å²) in [7, 11) is 0. The summed E-state index contributed by atoms with van der Waals surface area (Å²) in [5, 5.41) is 4.13. The Kier molecular flexibility index (Phi) is 5.04. The second kappa shape index (κ2) is 8.20. The fourth-order valence-corrected chi connectivity index (χ4v) is 4.28. The Morgan fingerprint density at radius 2 is 2.03 bits per heavy atom. The molecule has 1 amide bonds. The summed E-state index contributed by atoms with van der Waals surface area (Å²) in [5.41, 5.74) is 3.85. The fraction of sp³-hybridized carbons (Fsp3) is 0.417. The zero-order valence-corrected chi connectivity index (χ0v) is 18.3. The average molecular weight is 455 g/mol. The number of carbonyl (C=O) groups is 1. The zero-order valence-electron chi connectivity index (χ0n) is 19.3. The highest BCUT2D eigenvalue weighted by atomic mass is 19.3. The molecule has 33 heavy (non-hydrogen) atoms. The number of pyridine rings is 2. The fourth-order valence-electron chi connectivity index (χ4n) is 4.28. The number of halogens is 2. The van der Waals surface area contributed by atoms with Crippen LogP contribution in [0.15, 0.2) is 35.1 Å². The molecule has 1 unspecified atom stereocenters. The SMILES string of the molecule is [2H]C1c2cc(OCc3c(-c4ccc(C)nc4)noc3C)ncc2C(=O)N1C1CCC(F)(F)CC1. The Morgan fingerprint density at radius 1 is 1.24 bits per heavy atom. The molecule has 0 aromatic carbocycles. The predicted molar refractivity (Wildman–Crippen MR) is 115 cm³/mol. The standard InChI is InChI=1S/C24H24F2N4O3/c1-14-3-4-16(10-27-14)22-20(15(2)33-29-22)13-32-21-9-17-12-30(23(31)19(17)11-28-21)18-5-7-24(25,26)8-6-18/h3-4,9-11,18H,5-8,12-13H2,1-2H3/i12D. The normalized spacial score (nSPS) is 20.6. The Morgan fingerprint density at radius 3 is 2.76 bits per heavy atom. The van der Waals surface area contributed by atoms with Crippen molar-refractivity contribution in [3.63, 3.8) is 0 Å². The number of aryl methyl sites for hydroxylation is 2. The zero-order chi connectivity index (χ0) is 24.0. The van der Waals surface area contributed by atoms with Crippen LogP contribution in [0.3, 0.4) is 0 Å². The van der Waals surface area contributed by atoms with E-state index >= 15 is 0 Å². The lowest BCUT2D eigenvalue weighted by molar-refractivity contribution is -0.0510. The molecule has 0 radical (unpaired) electrons. The van der Waals surface area contributed by atoms with Crippen LogP contribution < -0.4 is 4.74 Å². The maximum absolute atomic E-state index is 13.6. The molecule has 0 spiro atoms. The summed E-state index contributed by atoms with van der Waals surface area (Å²) in [4.78, 5) is 22.8. The quantitative estimate of drug-likeness (QED) is 0.547. The van der Waals surface area contributed by atoms with Crippen LogP contribution in [0.5, 0.6) is 5.88 Å². The molecule has 0 bridgehead atoms. The van der Waals surface area contributed by atoms with E-state index in [1.54, 1.807) is 19.2 Å². The van der Waals surface area contributed by atoms with Crippen LogP contribution >= 0.6 is 0 Å². The number of hydrogen-bond acceptors (Lipinski definition) is 6. The molecular weight excluding hydrogens is 430 g/mol. The lowest BCUT2D eigenvalue weighted by atomic mass is 9.91. The van der Waals surface area contributed by atoms with Gasteiger partial charge in [0.05, 0.1) is 12.5 Å². The minimum Gasteiger partial charge on any atom is -0.473 e. The molecule has 1 fully saturated rings. The van der Waals surface area contributed by atoms with Crippen LogP contribution in [0.1, 0.15) is 60.0 Å². The highest BCUT2D eigenvalue weighted by Gasteiger charge is 2.40. The van der Waals surface area contributed by atoms with Crippen molar-refractivity contribution < 1.29 is 24.2 Å². The first-order valence-electron chi connectivity index (χ1n) is 11.4. The van der Waals surface area contributed by atoms with Gasteiger partial charge in [-0.3, -0.25) is 9.78 Å². The molecule has 3 aromatic heterocycles. The molecule has 172 valence electrons. The van der Waals surface area contributed by atoms with Crippen molar-refractivity contribution in [2.45, 2.75) is 64.6 Å². The van der Waals surface area contributed by atoms with Crippen LogP contribution in [0.2, 0.25) is 0 Å². The van der Waals surface area contributed by atoms with Gasteiger partial charge in [0.25, 0.3) is 5.91 Å².